The first-order valence-electron chi connectivity index (χ1n) is 7.98. The maximum atomic E-state index is 5.60. The molecule has 2 aromatic rings. The third kappa shape index (κ3) is 3.45. The lowest BCUT2D eigenvalue weighted by atomic mass is 9.72. The van der Waals surface area contributed by atoms with Crippen LogP contribution in [0, 0.1) is 6.92 Å². The van der Waals surface area contributed by atoms with E-state index in [9.17, 15) is 0 Å². The number of methoxy groups -OCH3 is 1. The molecule has 1 N–H and O–H groups in total. The summed E-state index contributed by atoms with van der Waals surface area (Å²) in [5.74, 6) is 1.17. The number of nitrogens with one attached hydrogen (secondary N) is 1. The minimum atomic E-state index is 0.0516. The number of ether oxygens (including phenoxy) is 2. The van der Waals surface area contributed by atoms with Gasteiger partial charge in [0.1, 0.15) is 0 Å². The first-order valence-corrected chi connectivity index (χ1v) is 7.98. The van der Waals surface area contributed by atoms with E-state index in [2.05, 4.69) is 46.5 Å². The highest BCUT2D eigenvalue weighted by Crippen LogP contribution is 2.36. The van der Waals surface area contributed by atoms with Gasteiger partial charge in [-0.15, -0.1) is 0 Å². The van der Waals surface area contributed by atoms with Gasteiger partial charge in [-0.05, 0) is 30.9 Å². The van der Waals surface area contributed by atoms with Gasteiger partial charge in [-0.2, -0.15) is 4.98 Å². The molecule has 3 rings (SSSR count). The molecule has 5 nitrogen and oxygen atoms in total. The zero-order chi connectivity index (χ0) is 16.1. The molecule has 0 spiro atoms. The van der Waals surface area contributed by atoms with Gasteiger partial charge in [0.05, 0.1) is 7.11 Å². The van der Waals surface area contributed by atoms with Crippen molar-refractivity contribution in [3.63, 3.8) is 0 Å². The van der Waals surface area contributed by atoms with E-state index >= 15 is 0 Å². The number of benzene rings is 1. The Morgan fingerprint density at radius 1 is 1.22 bits per heavy atom. The van der Waals surface area contributed by atoms with Crippen LogP contribution in [0.25, 0.3) is 0 Å². The molecule has 1 aromatic heterocycles. The van der Waals surface area contributed by atoms with Crippen LogP contribution < -0.4 is 10.1 Å². The van der Waals surface area contributed by atoms with E-state index in [1.165, 1.54) is 11.1 Å². The van der Waals surface area contributed by atoms with Crippen molar-refractivity contribution in [1.82, 2.24) is 9.97 Å². The number of aromatic nitrogens is 2. The highest BCUT2D eigenvalue weighted by molar-refractivity contribution is 5.37. The summed E-state index contributed by atoms with van der Waals surface area (Å²) >= 11 is 0. The Hall–Kier alpha value is -2.14. The Morgan fingerprint density at radius 2 is 2.00 bits per heavy atom. The molecule has 1 aliphatic heterocycles. The van der Waals surface area contributed by atoms with Gasteiger partial charge in [-0.3, -0.25) is 0 Å². The van der Waals surface area contributed by atoms with Gasteiger partial charge >= 0.3 is 0 Å². The van der Waals surface area contributed by atoms with Crippen molar-refractivity contribution in [2.24, 2.45) is 0 Å². The fourth-order valence-corrected chi connectivity index (χ4v) is 3.26. The average Bonchev–Trinajstić information content (AvgIpc) is 2.61. The fraction of sp³-hybridized carbons (Fsp3) is 0.444. The Bertz CT molecular complexity index is 654. The second-order valence-corrected chi connectivity index (χ2v) is 5.98. The molecule has 0 radical (unpaired) electrons. The molecule has 0 saturated carbocycles. The van der Waals surface area contributed by atoms with E-state index in [1.807, 2.05) is 0 Å². The maximum Gasteiger partial charge on any atom is 0.225 e. The number of aryl methyl sites for hydroxylation is 1. The monoisotopic (exact) mass is 313 g/mol. The van der Waals surface area contributed by atoms with Crippen molar-refractivity contribution in [2.45, 2.75) is 25.2 Å². The molecule has 0 aliphatic carbocycles. The van der Waals surface area contributed by atoms with Crippen LogP contribution in [0.15, 0.2) is 36.5 Å². The Morgan fingerprint density at radius 3 is 2.74 bits per heavy atom. The Balaban J connectivity index is 1.83. The SMILES string of the molecule is COc1ccnc(NCC2(c3ccccc3C)CCOCC2)n1. The first kappa shape index (κ1) is 15.7. The molecule has 1 fully saturated rings. The number of nitrogens with zero attached hydrogens (tertiary/aromatic N) is 2. The van der Waals surface area contributed by atoms with Crippen LogP contribution in [-0.2, 0) is 10.2 Å². The number of rotatable bonds is 5. The van der Waals surface area contributed by atoms with Crippen molar-refractivity contribution in [2.75, 3.05) is 32.2 Å². The fourth-order valence-electron chi connectivity index (χ4n) is 3.26. The van der Waals surface area contributed by atoms with Crippen LogP contribution in [0.2, 0.25) is 0 Å². The van der Waals surface area contributed by atoms with E-state index in [1.54, 1.807) is 19.4 Å². The van der Waals surface area contributed by atoms with E-state index in [4.69, 9.17) is 9.47 Å². The molecule has 0 unspecified atom stereocenters. The summed E-state index contributed by atoms with van der Waals surface area (Å²) in [4.78, 5) is 8.63. The smallest absolute Gasteiger partial charge is 0.225 e. The zero-order valence-corrected chi connectivity index (χ0v) is 13.7. The molecule has 0 amide bonds. The van der Waals surface area contributed by atoms with Gasteiger partial charge in [0.25, 0.3) is 0 Å². The minimum Gasteiger partial charge on any atom is -0.481 e. The first-order chi connectivity index (χ1) is 11.2. The lowest BCUT2D eigenvalue weighted by molar-refractivity contribution is 0.0541. The van der Waals surface area contributed by atoms with Crippen LogP contribution in [0.3, 0.4) is 0 Å². The van der Waals surface area contributed by atoms with Crippen molar-refractivity contribution < 1.29 is 9.47 Å². The van der Waals surface area contributed by atoms with E-state index in [-0.39, 0.29) is 5.41 Å². The van der Waals surface area contributed by atoms with Crippen LogP contribution >= 0.6 is 0 Å². The van der Waals surface area contributed by atoms with E-state index in [0.717, 1.165) is 32.6 Å². The van der Waals surface area contributed by atoms with Crippen LogP contribution in [0.5, 0.6) is 5.88 Å². The molecule has 5 heteroatoms. The second kappa shape index (κ2) is 6.96. The second-order valence-electron chi connectivity index (χ2n) is 5.98. The van der Waals surface area contributed by atoms with Gasteiger partial charge in [0.2, 0.25) is 11.8 Å². The lowest BCUT2D eigenvalue weighted by Crippen LogP contribution is -2.40. The number of anilines is 1. The summed E-state index contributed by atoms with van der Waals surface area (Å²) in [5.41, 5.74) is 2.76. The van der Waals surface area contributed by atoms with Crippen molar-refractivity contribution in [1.29, 1.82) is 0 Å². The van der Waals surface area contributed by atoms with Gasteiger partial charge in [0.15, 0.2) is 0 Å². The molecule has 2 heterocycles. The van der Waals surface area contributed by atoms with Gasteiger partial charge < -0.3 is 14.8 Å². The third-order valence-electron chi connectivity index (χ3n) is 4.59. The van der Waals surface area contributed by atoms with Gasteiger partial charge in [-0.25, -0.2) is 4.98 Å². The van der Waals surface area contributed by atoms with Crippen LogP contribution in [0.4, 0.5) is 5.95 Å². The molecule has 1 saturated heterocycles. The predicted molar refractivity (Wildman–Crippen MR) is 90.0 cm³/mol. The van der Waals surface area contributed by atoms with E-state index in [0.29, 0.717) is 11.8 Å². The average molecular weight is 313 g/mol. The molecule has 23 heavy (non-hydrogen) atoms. The van der Waals surface area contributed by atoms with Gasteiger partial charge in [0, 0.05) is 37.4 Å². The molecule has 1 aliphatic rings. The summed E-state index contributed by atoms with van der Waals surface area (Å²) in [6, 6.07) is 10.4. The third-order valence-corrected chi connectivity index (χ3v) is 4.59. The summed E-state index contributed by atoms with van der Waals surface area (Å²) in [6.07, 6.45) is 3.70. The summed E-state index contributed by atoms with van der Waals surface area (Å²) < 4.78 is 10.8. The quantitative estimate of drug-likeness (QED) is 0.920. The largest absolute Gasteiger partial charge is 0.481 e. The van der Waals surface area contributed by atoms with Crippen LogP contribution in [0.1, 0.15) is 24.0 Å². The summed E-state index contributed by atoms with van der Waals surface area (Å²) in [5, 5.41) is 3.40. The molecule has 1 aromatic carbocycles. The molecular formula is C18H23N3O2. The highest BCUT2D eigenvalue weighted by Gasteiger charge is 2.35. The maximum absolute atomic E-state index is 5.60. The highest BCUT2D eigenvalue weighted by atomic mass is 16.5. The lowest BCUT2D eigenvalue weighted by Gasteiger charge is -2.39. The molecule has 0 atom stereocenters. The molecule has 122 valence electrons. The summed E-state index contributed by atoms with van der Waals surface area (Å²) in [6.45, 7) is 4.53. The van der Waals surface area contributed by atoms with Crippen molar-refractivity contribution >= 4 is 5.95 Å². The van der Waals surface area contributed by atoms with Crippen LogP contribution in [-0.4, -0.2) is 36.8 Å². The topological polar surface area (TPSA) is 56.3 Å². The Kier molecular flexibility index (Phi) is 4.76. The number of hydrogen-bond donors (Lipinski definition) is 1. The molecule has 0 bridgehead atoms. The van der Waals surface area contributed by atoms with Gasteiger partial charge in [-0.1, -0.05) is 24.3 Å². The van der Waals surface area contributed by atoms with E-state index < -0.39 is 0 Å². The summed E-state index contributed by atoms with van der Waals surface area (Å²) in [7, 11) is 1.61. The minimum absolute atomic E-state index is 0.0516. The Labute approximate surface area is 137 Å². The van der Waals surface area contributed by atoms with Crippen molar-refractivity contribution in [3.8, 4) is 5.88 Å². The standard InChI is InChI=1S/C18H23N3O2/c1-14-5-3-4-6-15(14)18(8-11-23-12-9-18)13-20-17-19-10-7-16(21-17)22-2/h3-7,10H,8-9,11-13H2,1-2H3,(H,19,20,21). The predicted octanol–water partition coefficient (Wildman–Crippen LogP) is 2.95. The number of hydrogen-bond acceptors (Lipinski definition) is 5. The molecular weight excluding hydrogens is 290 g/mol. The van der Waals surface area contributed by atoms with Crippen molar-refractivity contribution in [3.05, 3.63) is 47.7 Å². The normalized spacial score (nSPS) is 16.8. The zero-order valence-electron chi connectivity index (χ0n) is 13.7.